The molecule has 0 aliphatic carbocycles. The van der Waals surface area contributed by atoms with Crippen LogP contribution in [0.15, 0.2) is 77.9 Å². The van der Waals surface area contributed by atoms with Crippen LogP contribution in [0.25, 0.3) is 10.9 Å². The van der Waals surface area contributed by atoms with Crippen LogP contribution in [0.2, 0.25) is 0 Å². The van der Waals surface area contributed by atoms with Gasteiger partial charge in [-0.3, -0.25) is 4.98 Å². The van der Waals surface area contributed by atoms with Crippen molar-refractivity contribution in [2.45, 2.75) is 38.9 Å². The second kappa shape index (κ2) is 13.6. The number of nitrogens with zero attached hydrogens (tertiary/aromatic N) is 3. The third-order valence-electron chi connectivity index (χ3n) is 7.17. The van der Waals surface area contributed by atoms with E-state index in [2.05, 4.69) is 36.5 Å². The van der Waals surface area contributed by atoms with Crippen LogP contribution in [0.4, 0.5) is 15.9 Å². The van der Waals surface area contributed by atoms with Gasteiger partial charge < -0.3 is 20.1 Å². The van der Waals surface area contributed by atoms with E-state index in [9.17, 15) is 12.8 Å². The lowest BCUT2D eigenvalue weighted by Crippen LogP contribution is -2.34. The largest absolute Gasteiger partial charge is 0.489 e. The van der Waals surface area contributed by atoms with Crippen molar-refractivity contribution in [3.8, 4) is 5.75 Å². The van der Waals surface area contributed by atoms with E-state index in [1.807, 2.05) is 50.3 Å². The predicted octanol–water partition coefficient (Wildman–Crippen LogP) is 6.07. The zero-order valence-corrected chi connectivity index (χ0v) is 26.1. The van der Waals surface area contributed by atoms with Crippen molar-refractivity contribution in [1.29, 1.82) is 0 Å². The first kappa shape index (κ1) is 30.6. The summed E-state index contributed by atoms with van der Waals surface area (Å²) in [4.78, 5) is 14.0. The maximum absolute atomic E-state index is 13.5. The van der Waals surface area contributed by atoms with Gasteiger partial charge in [0.25, 0.3) is 0 Å². The molecule has 0 amide bonds. The highest BCUT2D eigenvalue weighted by Crippen LogP contribution is 2.38. The number of halogens is 2. The molecule has 1 atom stereocenters. The molecule has 2 N–H and O–H groups in total. The highest BCUT2D eigenvalue weighted by Gasteiger charge is 2.37. The Morgan fingerprint density at radius 1 is 1.16 bits per heavy atom. The first-order chi connectivity index (χ1) is 20.7. The lowest BCUT2D eigenvalue weighted by molar-refractivity contribution is 0.0289. The summed E-state index contributed by atoms with van der Waals surface area (Å²) < 4.78 is 49.3. The highest BCUT2D eigenvalue weighted by atomic mass is 79.9. The van der Waals surface area contributed by atoms with Crippen molar-refractivity contribution in [2.75, 3.05) is 18.4 Å². The molecular formula is C31H31BrFN5O4S. The SMILES string of the molecule is CC(C)C(CNCCC1(c2cc3c(Nc4ccc(OCc5cccc(F)c5)c(Br)c4)ncnc3cn2)CC=CO1)=S(=O)=O. The fourth-order valence-corrected chi connectivity index (χ4v) is 5.90. The quantitative estimate of drug-likeness (QED) is 0.137. The van der Waals surface area contributed by atoms with Gasteiger partial charge >= 0.3 is 0 Å². The van der Waals surface area contributed by atoms with Crippen LogP contribution in [0, 0.1) is 11.7 Å². The highest BCUT2D eigenvalue weighted by molar-refractivity contribution is 9.10. The van der Waals surface area contributed by atoms with Crippen molar-refractivity contribution < 1.29 is 22.3 Å². The zero-order chi connectivity index (χ0) is 30.4. The van der Waals surface area contributed by atoms with Crippen LogP contribution in [-0.2, 0) is 27.2 Å². The molecule has 0 bridgehead atoms. The van der Waals surface area contributed by atoms with Crippen molar-refractivity contribution in [2.24, 2.45) is 5.92 Å². The third-order valence-corrected chi connectivity index (χ3v) is 8.83. The Kier molecular flexibility index (Phi) is 9.69. The van der Waals surface area contributed by atoms with Crippen molar-refractivity contribution in [3.05, 3.63) is 94.9 Å². The van der Waals surface area contributed by atoms with Crippen LogP contribution in [-0.4, -0.2) is 41.3 Å². The zero-order valence-electron chi connectivity index (χ0n) is 23.7. The molecule has 43 heavy (non-hydrogen) atoms. The van der Waals surface area contributed by atoms with E-state index < -0.39 is 15.9 Å². The monoisotopic (exact) mass is 667 g/mol. The molecular weight excluding hydrogens is 637 g/mol. The number of nitrogens with one attached hydrogen (secondary N) is 2. The number of rotatable bonds is 12. The summed E-state index contributed by atoms with van der Waals surface area (Å²) in [6.45, 7) is 4.78. The van der Waals surface area contributed by atoms with Crippen molar-refractivity contribution >= 4 is 53.5 Å². The number of aromatic nitrogens is 3. The minimum Gasteiger partial charge on any atom is -0.489 e. The minimum absolute atomic E-state index is 0.0677. The third kappa shape index (κ3) is 7.38. The fraction of sp³-hybridized carbons (Fsp3) is 0.290. The summed E-state index contributed by atoms with van der Waals surface area (Å²) in [5.41, 5.74) is 2.20. The van der Waals surface area contributed by atoms with Gasteiger partial charge in [-0.2, -0.15) is 8.42 Å². The molecule has 224 valence electrons. The second-order valence-electron chi connectivity index (χ2n) is 10.5. The van der Waals surface area contributed by atoms with Crippen LogP contribution >= 0.6 is 15.9 Å². The van der Waals surface area contributed by atoms with E-state index in [4.69, 9.17) is 14.5 Å². The summed E-state index contributed by atoms with van der Waals surface area (Å²) in [5.74, 6) is 0.848. The van der Waals surface area contributed by atoms with E-state index in [1.54, 1.807) is 18.5 Å². The first-order valence-corrected chi connectivity index (χ1v) is 15.6. The maximum atomic E-state index is 13.5. The Morgan fingerprint density at radius 3 is 2.74 bits per heavy atom. The first-order valence-electron chi connectivity index (χ1n) is 13.8. The van der Waals surface area contributed by atoms with E-state index >= 15 is 0 Å². The number of ether oxygens (including phenoxy) is 2. The van der Waals surface area contributed by atoms with Crippen LogP contribution in [0.3, 0.4) is 0 Å². The van der Waals surface area contributed by atoms with Gasteiger partial charge in [-0.1, -0.05) is 26.0 Å². The molecule has 4 aromatic rings. The van der Waals surface area contributed by atoms with E-state index in [-0.39, 0.29) is 24.9 Å². The number of hydrogen-bond acceptors (Lipinski definition) is 9. The van der Waals surface area contributed by atoms with E-state index in [0.29, 0.717) is 41.3 Å². The van der Waals surface area contributed by atoms with Crippen molar-refractivity contribution in [3.63, 3.8) is 0 Å². The normalized spacial score (nSPS) is 15.9. The van der Waals surface area contributed by atoms with E-state index in [0.717, 1.165) is 26.8 Å². The van der Waals surface area contributed by atoms with Gasteiger partial charge in [0.05, 0.1) is 33.0 Å². The van der Waals surface area contributed by atoms with Crippen LogP contribution < -0.4 is 15.4 Å². The van der Waals surface area contributed by atoms with Gasteiger partial charge in [0.1, 0.15) is 30.3 Å². The molecule has 9 nitrogen and oxygen atoms in total. The lowest BCUT2D eigenvalue weighted by Gasteiger charge is -2.28. The molecule has 5 rings (SSSR count). The summed E-state index contributed by atoms with van der Waals surface area (Å²) in [5, 5.41) is 7.39. The Bertz CT molecular complexity index is 1780. The molecule has 2 aromatic carbocycles. The van der Waals surface area contributed by atoms with Crippen LogP contribution in [0.1, 0.15) is 37.9 Å². The molecule has 0 spiro atoms. The summed E-state index contributed by atoms with van der Waals surface area (Å²) in [6, 6.07) is 13.8. The Hall–Kier alpha value is -3.87. The molecule has 3 heterocycles. The number of fused-ring (bicyclic) bond motifs is 1. The average Bonchev–Trinajstić information content (AvgIpc) is 3.46. The number of pyridine rings is 1. The molecule has 1 aliphatic rings. The summed E-state index contributed by atoms with van der Waals surface area (Å²) >= 11 is 3.57. The molecule has 0 fully saturated rings. The van der Waals surface area contributed by atoms with Gasteiger partial charge in [0.15, 0.2) is 5.60 Å². The molecule has 12 heteroatoms. The van der Waals surface area contributed by atoms with Gasteiger partial charge in [-0.25, -0.2) is 14.4 Å². The maximum Gasteiger partial charge on any atom is 0.214 e. The lowest BCUT2D eigenvalue weighted by atomic mass is 9.91. The molecule has 2 aromatic heterocycles. The molecule has 0 saturated carbocycles. The van der Waals surface area contributed by atoms with Crippen LogP contribution in [0.5, 0.6) is 5.75 Å². The van der Waals surface area contributed by atoms with Gasteiger partial charge in [0, 0.05) is 30.5 Å². The smallest absolute Gasteiger partial charge is 0.214 e. The molecule has 1 unspecified atom stereocenters. The standard InChI is InChI=1S/C31H31BrFN5O4S/c1-20(2)28(43(39)40)17-34-11-10-31(9-4-12-42-31)29-15-24-26(16-35-29)36-19-37-30(24)38-23-7-8-27(25(32)14-23)41-18-21-5-3-6-22(33)13-21/h3-8,12-16,19-20,34H,9-11,17-18H2,1-2H3,(H,36,37,38). The van der Waals surface area contributed by atoms with Crippen molar-refractivity contribution in [1.82, 2.24) is 20.3 Å². The Balaban J connectivity index is 1.32. The Labute approximate surface area is 259 Å². The molecule has 0 radical (unpaired) electrons. The van der Waals surface area contributed by atoms with E-state index in [1.165, 1.54) is 18.5 Å². The van der Waals surface area contributed by atoms with Gasteiger partial charge in [-0.05, 0) is 76.4 Å². The Morgan fingerprint density at radius 2 is 2.02 bits per heavy atom. The summed E-state index contributed by atoms with van der Waals surface area (Å²) in [6.07, 6.45) is 8.03. The minimum atomic E-state index is -2.23. The number of anilines is 2. The fourth-order valence-electron chi connectivity index (χ4n) is 4.80. The number of hydrogen-bond donors (Lipinski definition) is 2. The predicted molar refractivity (Wildman–Crippen MR) is 168 cm³/mol. The summed E-state index contributed by atoms with van der Waals surface area (Å²) in [7, 11) is -2.23. The topological polar surface area (TPSA) is 115 Å². The van der Waals surface area contributed by atoms with Gasteiger partial charge in [0.2, 0.25) is 10.3 Å². The average molecular weight is 669 g/mol. The number of benzene rings is 2. The van der Waals surface area contributed by atoms with Gasteiger partial charge in [-0.15, -0.1) is 0 Å². The molecule has 1 aliphatic heterocycles. The molecule has 0 saturated heterocycles. The second-order valence-corrected chi connectivity index (χ2v) is 12.3.